The van der Waals surface area contributed by atoms with Crippen LogP contribution in [0.5, 0.6) is 0 Å². The van der Waals surface area contributed by atoms with Gasteiger partial charge in [0, 0.05) is 35.6 Å². The first-order valence-electron chi connectivity index (χ1n) is 23.6. The number of piperidine rings is 2. The van der Waals surface area contributed by atoms with Gasteiger partial charge in [0.1, 0.15) is 34.9 Å². The third kappa shape index (κ3) is 9.36. The molecule has 2 aliphatic heterocycles. The van der Waals surface area contributed by atoms with Crippen molar-refractivity contribution in [1.29, 1.82) is 0 Å². The molecular weight excluding hydrogens is 857 g/mol. The molecule has 4 fully saturated rings. The summed E-state index contributed by atoms with van der Waals surface area (Å²) in [5, 5.41) is 5.72. The third-order valence-electron chi connectivity index (χ3n) is 13.3. The van der Waals surface area contributed by atoms with Gasteiger partial charge in [-0.3, -0.25) is 9.59 Å². The molecule has 4 N–H and O–H groups in total. The summed E-state index contributed by atoms with van der Waals surface area (Å²) in [6, 6.07) is 33.1. The van der Waals surface area contributed by atoms with E-state index >= 15 is 0 Å². The smallest absolute Gasteiger partial charge is 0.408 e. The maximum Gasteiger partial charge on any atom is 0.408 e. The van der Waals surface area contributed by atoms with Crippen LogP contribution in [0, 0.1) is 11.8 Å². The molecule has 0 spiro atoms. The van der Waals surface area contributed by atoms with Crippen LogP contribution in [0.3, 0.4) is 0 Å². The van der Waals surface area contributed by atoms with E-state index in [0.29, 0.717) is 23.0 Å². The van der Waals surface area contributed by atoms with E-state index in [1.54, 1.807) is 41.5 Å². The number of carbonyl (C=O) groups is 4. The number of likely N-dealkylation sites (tertiary alicyclic amines) is 2. The van der Waals surface area contributed by atoms with E-state index in [9.17, 15) is 19.2 Å². The lowest BCUT2D eigenvalue weighted by Gasteiger charge is -2.31. The largest absolute Gasteiger partial charge is 0.444 e. The highest BCUT2D eigenvalue weighted by Gasteiger charge is 2.57. The number of amides is 4. The maximum absolute atomic E-state index is 14.4. The minimum Gasteiger partial charge on any atom is -0.444 e. The Morgan fingerprint density at radius 1 is 0.529 bits per heavy atom. The average molecular weight is 915 g/mol. The number of hydrogen-bond acceptors (Lipinski definition) is 8. The van der Waals surface area contributed by atoms with Gasteiger partial charge in [0.25, 0.3) is 11.8 Å². The Kier molecular flexibility index (Phi) is 11.5. The zero-order chi connectivity index (χ0) is 47.5. The first-order valence-corrected chi connectivity index (χ1v) is 23.6. The SMILES string of the molecule is CC(C)(C)OC(=O)N[C@@H](C(=O)N1[C@@H]2C[C@@H]2C[C@H]1c1nc(-c2ccc(-c3ccc(-c4c[nH]c([C@@H]5C[C@H]6C[C@H]6N5C(=O)[C@H](NC(=O)OC(C)(C)C)c5ccccc5)n4)cc3)cc2)c[nH]1)c1ccccc1. The summed E-state index contributed by atoms with van der Waals surface area (Å²) < 4.78 is 11.1. The van der Waals surface area contributed by atoms with Crippen LogP contribution in [0.4, 0.5) is 9.59 Å². The molecule has 2 aliphatic carbocycles. The van der Waals surface area contributed by atoms with Gasteiger partial charge in [0.15, 0.2) is 0 Å². The van der Waals surface area contributed by atoms with Gasteiger partial charge in [0.05, 0.1) is 23.5 Å². The van der Waals surface area contributed by atoms with Gasteiger partial charge in [-0.05, 0) is 101 Å². The zero-order valence-electron chi connectivity index (χ0n) is 39.2. The summed E-state index contributed by atoms with van der Waals surface area (Å²) in [6.45, 7) is 10.8. The van der Waals surface area contributed by atoms with Crippen LogP contribution in [0.2, 0.25) is 0 Å². The number of imidazole rings is 2. The highest BCUT2D eigenvalue weighted by Crippen LogP contribution is 2.55. The molecule has 10 rings (SSSR count). The quantitative estimate of drug-likeness (QED) is 0.0994. The Morgan fingerprint density at radius 3 is 1.24 bits per heavy atom. The third-order valence-corrected chi connectivity index (χ3v) is 13.3. The fraction of sp³-hybridized carbons (Fsp3) is 0.370. The van der Waals surface area contributed by atoms with E-state index in [1.165, 1.54) is 0 Å². The monoisotopic (exact) mass is 914 g/mol. The fourth-order valence-electron chi connectivity index (χ4n) is 10.0. The Balaban J connectivity index is 0.810. The number of nitrogens with one attached hydrogen (secondary N) is 4. The number of benzene rings is 4. The molecule has 8 atom stereocenters. The lowest BCUT2D eigenvalue weighted by Crippen LogP contribution is -2.45. The van der Waals surface area contributed by atoms with E-state index < -0.39 is 35.5 Å². The number of rotatable bonds is 11. The second-order valence-corrected chi connectivity index (χ2v) is 20.6. The summed E-state index contributed by atoms with van der Waals surface area (Å²) in [5.41, 5.74) is 5.51. The highest BCUT2D eigenvalue weighted by molar-refractivity contribution is 5.89. The van der Waals surface area contributed by atoms with E-state index in [2.05, 4.69) is 69.1 Å². The van der Waals surface area contributed by atoms with Crippen LogP contribution in [0.15, 0.2) is 122 Å². The number of H-pyrrole nitrogens is 2. The summed E-state index contributed by atoms with van der Waals surface area (Å²) >= 11 is 0. The van der Waals surface area contributed by atoms with E-state index in [0.717, 1.165) is 71.0 Å². The predicted molar refractivity (Wildman–Crippen MR) is 256 cm³/mol. The molecule has 0 bridgehead atoms. The molecule has 14 nitrogen and oxygen atoms in total. The fourth-order valence-corrected chi connectivity index (χ4v) is 10.0. The molecule has 0 radical (unpaired) electrons. The average Bonchev–Trinajstić information content (AvgIpc) is 3.89. The summed E-state index contributed by atoms with van der Waals surface area (Å²) in [4.78, 5) is 75.4. The minimum atomic E-state index is -0.901. The van der Waals surface area contributed by atoms with Crippen molar-refractivity contribution in [2.75, 3.05) is 0 Å². The van der Waals surface area contributed by atoms with Crippen molar-refractivity contribution < 1.29 is 28.7 Å². The predicted octanol–water partition coefficient (Wildman–Crippen LogP) is 9.99. The molecule has 4 heterocycles. The summed E-state index contributed by atoms with van der Waals surface area (Å²) in [5.74, 6) is 1.88. The van der Waals surface area contributed by atoms with E-state index in [-0.39, 0.29) is 36.0 Å². The van der Waals surface area contributed by atoms with Crippen molar-refractivity contribution >= 4 is 24.0 Å². The van der Waals surface area contributed by atoms with Crippen molar-refractivity contribution in [3.05, 3.63) is 144 Å². The number of carbonyl (C=O) groups excluding carboxylic acids is 4. The van der Waals surface area contributed by atoms with Crippen LogP contribution in [-0.2, 0) is 19.1 Å². The number of nitrogens with zero attached hydrogens (tertiary/aromatic N) is 4. The molecule has 0 unspecified atom stereocenters. The van der Waals surface area contributed by atoms with Crippen molar-refractivity contribution in [1.82, 2.24) is 40.4 Å². The first-order chi connectivity index (χ1) is 32.6. The normalized spacial score (nSPS) is 22.4. The lowest BCUT2D eigenvalue weighted by molar-refractivity contribution is -0.136. The molecule has 4 aliphatic rings. The Morgan fingerprint density at radius 2 is 0.882 bits per heavy atom. The molecular formula is C54H58N8O6. The number of fused-ring (bicyclic) bond motifs is 2. The summed E-state index contributed by atoms with van der Waals surface area (Å²) in [6.07, 6.45) is 5.98. The van der Waals surface area contributed by atoms with Gasteiger partial charge in [-0.1, -0.05) is 109 Å². The lowest BCUT2D eigenvalue weighted by atomic mass is 10.0. The standard InChI is InChI=1S/C54H58N8O6/c1-53(2,3)67-51(65)59-45(35-13-9-7-10-14-35)49(63)61-41-25-37(41)27-43(61)47-55-29-39(57-47)33-21-17-31(18-22-33)32-19-23-34(24-20-32)40-30-56-48(58-40)44-28-38-26-42(38)62(44)50(64)46(36-15-11-8-12-16-36)60-52(66)68-54(4,5)6/h7-24,29-30,37-38,41-46H,25-28H2,1-6H3,(H,55,57)(H,56,58)(H,59,65)(H,60,66)/t37-,38-,41-,42-,43+,44+,45-,46-/m1/s1. The van der Waals surface area contributed by atoms with Gasteiger partial charge in [0.2, 0.25) is 0 Å². The van der Waals surface area contributed by atoms with Crippen molar-refractivity contribution in [3.8, 4) is 33.6 Å². The van der Waals surface area contributed by atoms with Crippen LogP contribution >= 0.6 is 0 Å². The highest BCUT2D eigenvalue weighted by atomic mass is 16.6. The minimum absolute atomic E-state index is 0.0989. The topological polar surface area (TPSA) is 175 Å². The van der Waals surface area contributed by atoms with Crippen LogP contribution < -0.4 is 10.6 Å². The molecule has 350 valence electrons. The second kappa shape index (κ2) is 17.5. The molecule has 2 saturated heterocycles. The van der Waals surface area contributed by atoms with Gasteiger partial charge < -0.3 is 39.9 Å². The number of alkyl carbamates (subject to hydrolysis) is 2. The zero-order valence-corrected chi connectivity index (χ0v) is 39.2. The van der Waals surface area contributed by atoms with Crippen LogP contribution in [-0.4, -0.2) is 77.0 Å². The van der Waals surface area contributed by atoms with Crippen molar-refractivity contribution in [2.45, 2.75) is 115 Å². The Hall–Kier alpha value is -7.22. The molecule has 4 aromatic carbocycles. The van der Waals surface area contributed by atoms with Gasteiger partial charge >= 0.3 is 12.2 Å². The Bertz CT molecular complexity index is 2620. The molecule has 2 aromatic heterocycles. The van der Waals surface area contributed by atoms with Gasteiger partial charge in [-0.25, -0.2) is 19.6 Å². The van der Waals surface area contributed by atoms with Crippen molar-refractivity contribution in [2.24, 2.45) is 11.8 Å². The van der Waals surface area contributed by atoms with E-state index in [4.69, 9.17) is 19.4 Å². The maximum atomic E-state index is 14.4. The molecule has 14 heteroatoms. The van der Waals surface area contributed by atoms with Gasteiger partial charge in [-0.15, -0.1) is 0 Å². The second-order valence-electron chi connectivity index (χ2n) is 20.6. The van der Waals surface area contributed by atoms with Gasteiger partial charge in [-0.2, -0.15) is 0 Å². The first kappa shape index (κ1) is 44.6. The molecule has 68 heavy (non-hydrogen) atoms. The van der Waals surface area contributed by atoms with E-state index in [1.807, 2.05) is 82.9 Å². The van der Waals surface area contributed by atoms with Crippen LogP contribution in [0.1, 0.15) is 114 Å². The Labute approximate surface area is 396 Å². The molecule has 4 amide bonds. The summed E-state index contributed by atoms with van der Waals surface area (Å²) in [7, 11) is 0. The molecule has 2 saturated carbocycles. The number of ether oxygens (including phenoxy) is 2. The number of aromatic amines is 2. The van der Waals surface area contributed by atoms with Crippen molar-refractivity contribution in [3.63, 3.8) is 0 Å². The number of aromatic nitrogens is 4. The van der Waals surface area contributed by atoms with Crippen LogP contribution in [0.25, 0.3) is 33.6 Å². The molecule has 6 aromatic rings. The number of hydrogen-bond donors (Lipinski definition) is 4.